The normalized spacial score (nSPS) is 18.2. The fourth-order valence-corrected chi connectivity index (χ4v) is 2.21. The van der Waals surface area contributed by atoms with E-state index < -0.39 is 11.4 Å². The highest BCUT2D eigenvalue weighted by molar-refractivity contribution is 5.99. The maximum absolute atomic E-state index is 13.5. The number of halogens is 1. The van der Waals surface area contributed by atoms with Gasteiger partial charge in [0.05, 0.1) is 16.9 Å². The highest BCUT2D eigenvalue weighted by atomic mass is 19.1. The van der Waals surface area contributed by atoms with E-state index in [9.17, 15) is 14.3 Å². The number of hydrogen-bond donors (Lipinski definition) is 3. The minimum atomic E-state index is -0.729. The molecule has 5 nitrogen and oxygen atoms in total. The number of carbonyl (C=O) groups excluding carboxylic acids is 1. The third kappa shape index (κ3) is 2.85. The van der Waals surface area contributed by atoms with Gasteiger partial charge in [0.2, 0.25) is 0 Å². The molecule has 1 aliphatic heterocycles. The molecule has 104 valence electrons. The zero-order valence-corrected chi connectivity index (χ0v) is 10.8. The first-order chi connectivity index (χ1) is 8.94. The van der Waals surface area contributed by atoms with Gasteiger partial charge in [-0.3, -0.25) is 10.6 Å². The Morgan fingerprint density at radius 2 is 2.11 bits per heavy atom. The van der Waals surface area contributed by atoms with Crippen molar-refractivity contribution < 1.29 is 14.3 Å². The van der Waals surface area contributed by atoms with E-state index in [1.165, 1.54) is 18.2 Å². The monoisotopic (exact) mass is 267 g/mol. The average Bonchev–Trinajstić information content (AvgIpc) is 2.37. The van der Waals surface area contributed by atoms with Crippen LogP contribution in [0.3, 0.4) is 0 Å². The molecule has 0 aliphatic carbocycles. The first kappa shape index (κ1) is 13.8. The van der Waals surface area contributed by atoms with Crippen molar-refractivity contribution >= 4 is 11.6 Å². The Kier molecular flexibility index (Phi) is 3.73. The summed E-state index contributed by atoms with van der Waals surface area (Å²) in [7, 11) is 0. The van der Waals surface area contributed by atoms with Crippen molar-refractivity contribution in [1.82, 2.24) is 4.90 Å². The van der Waals surface area contributed by atoms with Gasteiger partial charge in [0.25, 0.3) is 5.91 Å². The quantitative estimate of drug-likeness (QED) is 0.554. The number of hydrazine groups is 1. The van der Waals surface area contributed by atoms with Gasteiger partial charge in [-0.05, 0) is 31.9 Å². The van der Waals surface area contributed by atoms with Crippen LogP contribution < -0.4 is 11.3 Å². The van der Waals surface area contributed by atoms with Crippen LogP contribution in [0.1, 0.15) is 30.1 Å². The van der Waals surface area contributed by atoms with Gasteiger partial charge in [0.15, 0.2) is 0 Å². The van der Waals surface area contributed by atoms with Gasteiger partial charge in [0, 0.05) is 13.1 Å². The molecule has 19 heavy (non-hydrogen) atoms. The Morgan fingerprint density at radius 3 is 2.68 bits per heavy atom. The molecular formula is C13H18FN3O2. The van der Waals surface area contributed by atoms with E-state index >= 15 is 0 Å². The van der Waals surface area contributed by atoms with Gasteiger partial charge in [-0.1, -0.05) is 6.07 Å². The van der Waals surface area contributed by atoms with E-state index in [1.807, 2.05) is 0 Å². The molecule has 1 aliphatic rings. The third-order valence-electron chi connectivity index (χ3n) is 3.52. The Bertz CT molecular complexity index is 481. The lowest BCUT2D eigenvalue weighted by Gasteiger charge is -2.36. The molecule has 1 fully saturated rings. The number of rotatable bonds is 2. The summed E-state index contributed by atoms with van der Waals surface area (Å²) in [5.74, 6) is 4.43. The second-order valence-electron chi connectivity index (χ2n) is 5.10. The molecule has 2 rings (SSSR count). The Hall–Kier alpha value is -1.66. The van der Waals surface area contributed by atoms with Crippen molar-refractivity contribution in [1.29, 1.82) is 0 Å². The third-order valence-corrected chi connectivity index (χ3v) is 3.52. The molecule has 0 saturated carbocycles. The van der Waals surface area contributed by atoms with E-state index in [1.54, 1.807) is 11.8 Å². The van der Waals surface area contributed by atoms with Crippen LogP contribution in [0.2, 0.25) is 0 Å². The van der Waals surface area contributed by atoms with Gasteiger partial charge in [-0.25, -0.2) is 4.39 Å². The van der Waals surface area contributed by atoms with Crippen molar-refractivity contribution in [2.75, 3.05) is 18.5 Å². The minimum absolute atomic E-state index is 0.00448. The largest absolute Gasteiger partial charge is 0.390 e. The van der Waals surface area contributed by atoms with E-state index in [0.717, 1.165) is 0 Å². The zero-order valence-electron chi connectivity index (χ0n) is 10.8. The van der Waals surface area contributed by atoms with E-state index in [2.05, 4.69) is 5.43 Å². The molecule has 1 amide bonds. The molecule has 6 heteroatoms. The van der Waals surface area contributed by atoms with Crippen molar-refractivity contribution in [2.45, 2.75) is 25.4 Å². The number of piperidine rings is 1. The lowest BCUT2D eigenvalue weighted by molar-refractivity contribution is -0.00200. The number of carbonyl (C=O) groups is 1. The van der Waals surface area contributed by atoms with E-state index in [0.29, 0.717) is 25.9 Å². The average molecular weight is 267 g/mol. The molecule has 0 aromatic heterocycles. The molecule has 0 unspecified atom stereocenters. The lowest BCUT2D eigenvalue weighted by Crippen LogP contribution is -2.45. The molecule has 0 bridgehead atoms. The van der Waals surface area contributed by atoms with Crippen LogP contribution in [0.25, 0.3) is 0 Å². The van der Waals surface area contributed by atoms with Gasteiger partial charge in [0.1, 0.15) is 5.82 Å². The molecular weight excluding hydrogens is 249 g/mol. The summed E-state index contributed by atoms with van der Waals surface area (Å²) >= 11 is 0. The number of nitrogen functional groups attached to an aromatic ring is 1. The number of benzene rings is 1. The summed E-state index contributed by atoms with van der Waals surface area (Å²) in [5, 5.41) is 9.86. The summed E-state index contributed by atoms with van der Waals surface area (Å²) in [5.41, 5.74) is 1.72. The predicted octanol–water partition coefficient (Wildman–Crippen LogP) is 1.10. The number of nitrogens with one attached hydrogen (secondary N) is 1. The Balaban J connectivity index is 2.19. The maximum atomic E-state index is 13.5. The highest BCUT2D eigenvalue weighted by Gasteiger charge is 2.30. The van der Waals surface area contributed by atoms with E-state index in [-0.39, 0.29) is 17.2 Å². The van der Waals surface area contributed by atoms with Crippen LogP contribution in [0.4, 0.5) is 10.1 Å². The molecule has 1 saturated heterocycles. The van der Waals surface area contributed by atoms with Crippen molar-refractivity contribution in [2.24, 2.45) is 5.84 Å². The Labute approximate surface area is 111 Å². The van der Waals surface area contributed by atoms with Gasteiger partial charge in [-0.15, -0.1) is 0 Å². The fraction of sp³-hybridized carbons (Fsp3) is 0.462. The standard InChI is InChI=1S/C13H18FN3O2/c1-13(19)5-7-17(8-6-13)12(18)9-3-2-4-10(14)11(9)16-15/h2-4,16,19H,5-8,15H2,1H3. The van der Waals surface area contributed by atoms with Crippen molar-refractivity contribution in [3.63, 3.8) is 0 Å². The summed E-state index contributed by atoms with van der Waals surface area (Å²) in [4.78, 5) is 13.9. The van der Waals surface area contributed by atoms with Crippen molar-refractivity contribution in [3.05, 3.63) is 29.6 Å². The van der Waals surface area contributed by atoms with Gasteiger partial charge in [-0.2, -0.15) is 0 Å². The smallest absolute Gasteiger partial charge is 0.256 e. The molecule has 4 N–H and O–H groups in total. The minimum Gasteiger partial charge on any atom is -0.390 e. The number of likely N-dealkylation sites (tertiary alicyclic amines) is 1. The Morgan fingerprint density at radius 1 is 1.47 bits per heavy atom. The van der Waals surface area contributed by atoms with Crippen LogP contribution in [0.5, 0.6) is 0 Å². The first-order valence-electron chi connectivity index (χ1n) is 6.21. The topological polar surface area (TPSA) is 78.6 Å². The molecule has 0 atom stereocenters. The molecule has 1 aromatic rings. The van der Waals surface area contributed by atoms with Gasteiger partial charge >= 0.3 is 0 Å². The van der Waals surface area contributed by atoms with Crippen LogP contribution in [-0.2, 0) is 0 Å². The zero-order chi connectivity index (χ0) is 14.0. The van der Waals surface area contributed by atoms with Crippen LogP contribution in [0.15, 0.2) is 18.2 Å². The van der Waals surface area contributed by atoms with Crippen molar-refractivity contribution in [3.8, 4) is 0 Å². The number of nitrogens with two attached hydrogens (primary N) is 1. The molecule has 0 spiro atoms. The van der Waals surface area contributed by atoms with Crippen LogP contribution in [0, 0.1) is 5.82 Å². The van der Waals surface area contributed by atoms with Crippen LogP contribution >= 0.6 is 0 Å². The fourth-order valence-electron chi connectivity index (χ4n) is 2.21. The second kappa shape index (κ2) is 5.14. The lowest BCUT2D eigenvalue weighted by atomic mass is 9.93. The summed E-state index contributed by atoms with van der Waals surface area (Å²) < 4.78 is 13.5. The number of anilines is 1. The highest BCUT2D eigenvalue weighted by Crippen LogP contribution is 2.25. The molecule has 1 heterocycles. The number of aliphatic hydroxyl groups is 1. The van der Waals surface area contributed by atoms with Crippen LogP contribution in [-0.4, -0.2) is 34.6 Å². The first-order valence-corrected chi connectivity index (χ1v) is 6.21. The summed E-state index contributed by atoms with van der Waals surface area (Å²) in [6.07, 6.45) is 1.03. The van der Waals surface area contributed by atoms with Gasteiger partial charge < -0.3 is 15.4 Å². The molecule has 1 aromatic carbocycles. The SMILES string of the molecule is CC1(O)CCN(C(=O)c2cccc(F)c2NN)CC1. The molecule has 0 radical (unpaired) electrons. The maximum Gasteiger partial charge on any atom is 0.256 e. The number of para-hydroxylation sites is 1. The van der Waals surface area contributed by atoms with E-state index in [4.69, 9.17) is 5.84 Å². The number of hydrogen-bond acceptors (Lipinski definition) is 4. The second-order valence-corrected chi connectivity index (χ2v) is 5.10. The summed E-state index contributed by atoms with van der Waals surface area (Å²) in [6.45, 7) is 2.66. The summed E-state index contributed by atoms with van der Waals surface area (Å²) in [6, 6.07) is 4.25. The predicted molar refractivity (Wildman–Crippen MR) is 70.0 cm³/mol. The number of nitrogens with zero attached hydrogens (tertiary/aromatic N) is 1. The number of amides is 1.